The van der Waals surface area contributed by atoms with Crippen LogP contribution >= 0.6 is 0 Å². The summed E-state index contributed by atoms with van der Waals surface area (Å²) in [5.41, 5.74) is -0.142. The number of hydrogen-bond acceptors (Lipinski definition) is 4. The van der Waals surface area contributed by atoms with Crippen molar-refractivity contribution in [2.45, 2.75) is 38.9 Å². The van der Waals surface area contributed by atoms with Crippen molar-refractivity contribution < 1.29 is 19.0 Å². The second-order valence-electron chi connectivity index (χ2n) is 5.55. The molecule has 0 saturated carbocycles. The molecule has 0 aromatic rings. The van der Waals surface area contributed by atoms with E-state index in [0.717, 1.165) is 12.2 Å². The van der Waals surface area contributed by atoms with Gasteiger partial charge in [-0.15, -0.1) is 0 Å². The van der Waals surface area contributed by atoms with Crippen molar-refractivity contribution in [2.75, 3.05) is 13.2 Å². The Labute approximate surface area is 101 Å². The number of allylic oxidation sites excluding steroid dienone is 1. The Hall–Kier alpha value is -0.870. The first kappa shape index (κ1) is 11.2. The van der Waals surface area contributed by atoms with Crippen LogP contribution in [0.3, 0.4) is 0 Å². The van der Waals surface area contributed by atoms with Crippen LogP contribution in [0, 0.1) is 11.3 Å². The van der Waals surface area contributed by atoms with Gasteiger partial charge in [0, 0.05) is 24.7 Å². The maximum absolute atomic E-state index is 11.5. The largest absolute Gasteiger partial charge is 0.431 e. The molecule has 4 nitrogen and oxygen atoms in total. The van der Waals surface area contributed by atoms with E-state index >= 15 is 0 Å². The van der Waals surface area contributed by atoms with Gasteiger partial charge < -0.3 is 14.2 Å². The van der Waals surface area contributed by atoms with E-state index < -0.39 is 5.79 Å². The van der Waals surface area contributed by atoms with E-state index in [-0.39, 0.29) is 17.3 Å². The highest BCUT2D eigenvalue weighted by molar-refractivity contribution is 5.72. The summed E-state index contributed by atoms with van der Waals surface area (Å²) < 4.78 is 16.9. The molecule has 2 aliphatic heterocycles. The molecule has 94 valence electrons. The molecule has 2 fully saturated rings. The molecule has 1 aliphatic carbocycles. The topological polar surface area (TPSA) is 44.8 Å². The van der Waals surface area contributed by atoms with Gasteiger partial charge >= 0.3 is 5.97 Å². The van der Waals surface area contributed by atoms with Crippen LogP contribution in [0.25, 0.3) is 0 Å². The molecule has 1 spiro atoms. The third-order valence-corrected chi connectivity index (χ3v) is 4.40. The van der Waals surface area contributed by atoms with Crippen molar-refractivity contribution in [3.8, 4) is 0 Å². The Morgan fingerprint density at radius 2 is 2.06 bits per heavy atom. The zero-order valence-electron chi connectivity index (χ0n) is 10.3. The lowest BCUT2D eigenvalue weighted by Gasteiger charge is -2.47. The fourth-order valence-electron chi connectivity index (χ4n) is 3.13. The fourth-order valence-corrected chi connectivity index (χ4v) is 3.13. The minimum absolute atomic E-state index is 0.120. The molecular weight excluding hydrogens is 220 g/mol. The molecule has 0 N–H and O–H groups in total. The van der Waals surface area contributed by atoms with Crippen molar-refractivity contribution >= 4 is 5.97 Å². The SMILES string of the molecule is C[C@@H]1CC(=O)OC2=CCC3(C[C@]21C)OCCO3. The molecule has 0 aromatic carbocycles. The highest BCUT2D eigenvalue weighted by Crippen LogP contribution is 2.53. The predicted molar refractivity (Wildman–Crippen MR) is 59.9 cm³/mol. The Kier molecular flexibility index (Phi) is 2.35. The number of fused-ring (bicyclic) bond motifs is 1. The Morgan fingerprint density at radius 1 is 1.35 bits per heavy atom. The van der Waals surface area contributed by atoms with Crippen LogP contribution in [0.2, 0.25) is 0 Å². The van der Waals surface area contributed by atoms with Gasteiger partial charge in [0.15, 0.2) is 5.79 Å². The van der Waals surface area contributed by atoms with E-state index in [4.69, 9.17) is 14.2 Å². The highest BCUT2D eigenvalue weighted by Gasteiger charge is 2.53. The molecular formula is C13H18O4. The molecule has 0 amide bonds. The third-order valence-electron chi connectivity index (χ3n) is 4.40. The minimum Gasteiger partial charge on any atom is -0.431 e. The van der Waals surface area contributed by atoms with Gasteiger partial charge in [-0.2, -0.15) is 0 Å². The fraction of sp³-hybridized carbons (Fsp3) is 0.769. The first-order chi connectivity index (χ1) is 8.04. The van der Waals surface area contributed by atoms with Crippen LogP contribution in [0.4, 0.5) is 0 Å². The molecule has 0 radical (unpaired) electrons. The van der Waals surface area contributed by atoms with Crippen molar-refractivity contribution in [1.82, 2.24) is 0 Å². The van der Waals surface area contributed by atoms with Crippen molar-refractivity contribution in [3.63, 3.8) is 0 Å². The summed E-state index contributed by atoms with van der Waals surface area (Å²) in [7, 11) is 0. The van der Waals surface area contributed by atoms with Crippen LogP contribution < -0.4 is 0 Å². The number of esters is 1. The standard InChI is InChI=1S/C13H18O4/c1-9-7-11(14)17-10-3-4-13(8-12(9,10)2)15-5-6-16-13/h3,9H,4-8H2,1-2H3/t9-,12+/m1/s1. The number of ether oxygens (including phenoxy) is 3. The lowest BCUT2D eigenvalue weighted by atomic mass is 9.66. The summed E-state index contributed by atoms with van der Waals surface area (Å²) in [6.07, 6.45) is 3.91. The summed E-state index contributed by atoms with van der Waals surface area (Å²) in [6.45, 7) is 5.56. The second kappa shape index (κ2) is 3.56. The second-order valence-corrected chi connectivity index (χ2v) is 5.55. The van der Waals surface area contributed by atoms with Crippen molar-refractivity contribution in [3.05, 3.63) is 11.8 Å². The number of carbonyl (C=O) groups excluding carboxylic acids is 1. The van der Waals surface area contributed by atoms with Crippen molar-refractivity contribution in [2.24, 2.45) is 11.3 Å². The normalized spacial score (nSPS) is 39.8. The number of rotatable bonds is 0. The van der Waals surface area contributed by atoms with Gasteiger partial charge in [0.25, 0.3) is 0 Å². The summed E-state index contributed by atoms with van der Waals surface area (Å²) in [6, 6.07) is 0. The van der Waals surface area contributed by atoms with Crippen LogP contribution in [-0.4, -0.2) is 25.0 Å². The summed E-state index contributed by atoms with van der Waals surface area (Å²) >= 11 is 0. The third kappa shape index (κ3) is 1.62. The van der Waals surface area contributed by atoms with Gasteiger partial charge in [-0.05, 0) is 12.0 Å². The van der Waals surface area contributed by atoms with E-state index in [1.54, 1.807) is 0 Å². The lowest BCUT2D eigenvalue weighted by Crippen LogP contribution is -2.47. The lowest BCUT2D eigenvalue weighted by molar-refractivity contribution is -0.197. The Morgan fingerprint density at radius 3 is 2.76 bits per heavy atom. The van der Waals surface area contributed by atoms with Crippen LogP contribution in [0.15, 0.2) is 11.8 Å². The maximum atomic E-state index is 11.5. The van der Waals surface area contributed by atoms with Gasteiger partial charge in [-0.25, -0.2) is 0 Å². The van der Waals surface area contributed by atoms with Crippen LogP contribution in [-0.2, 0) is 19.0 Å². The van der Waals surface area contributed by atoms with Gasteiger partial charge in [-0.3, -0.25) is 4.79 Å². The first-order valence-corrected chi connectivity index (χ1v) is 6.23. The maximum Gasteiger partial charge on any atom is 0.311 e. The molecule has 3 rings (SSSR count). The van der Waals surface area contributed by atoms with Gasteiger partial charge in [0.05, 0.1) is 13.2 Å². The van der Waals surface area contributed by atoms with E-state index in [1.807, 2.05) is 6.08 Å². The predicted octanol–water partition coefficient (Wildman–Crippen LogP) is 2.00. The first-order valence-electron chi connectivity index (χ1n) is 6.23. The quantitative estimate of drug-likeness (QED) is 0.605. The van der Waals surface area contributed by atoms with Crippen LogP contribution in [0.1, 0.15) is 33.1 Å². The smallest absolute Gasteiger partial charge is 0.311 e. The highest BCUT2D eigenvalue weighted by atomic mass is 16.7. The molecule has 2 atom stereocenters. The molecule has 2 heterocycles. The molecule has 4 heteroatoms. The molecule has 0 bridgehead atoms. The molecule has 2 saturated heterocycles. The number of hydrogen-bond donors (Lipinski definition) is 0. The average molecular weight is 238 g/mol. The summed E-state index contributed by atoms with van der Waals surface area (Å²) in [4.78, 5) is 11.5. The Balaban J connectivity index is 1.94. The van der Waals surface area contributed by atoms with Gasteiger partial charge in [0.1, 0.15) is 5.76 Å². The van der Waals surface area contributed by atoms with Gasteiger partial charge in [0.2, 0.25) is 0 Å². The zero-order valence-corrected chi connectivity index (χ0v) is 10.3. The Bertz CT molecular complexity index is 381. The van der Waals surface area contributed by atoms with Crippen LogP contribution in [0.5, 0.6) is 0 Å². The molecule has 17 heavy (non-hydrogen) atoms. The van der Waals surface area contributed by atoms with Crippen molar-refractivity contribution in [1.29, 1.82) is 0 Å². The van der Waals surface area contributed by atoms with E-state index in [1.165, 1.54) is 0 Å². The van der Waals surface area contributed by atoms with Gasteiger partial charge in [-0.1, -0.05) is 13.8 Å². The average Bonchev–Trinajstić information content (AvgIpc) is 2.69. The number of carbonyl (C=O) groups is 1. The molecule has 0 unspecified atom stereocenters. The zero-order chi connectivity index (χ0) is 12.1. The monoisotopic (exact) mass is 238 g/mol. The van der Waals surface area contributed by atoms with E-state index in [2.05, 4.69) is 13.8 Å². The molecule has 3 aliphatic rings. The summed E-state index contributed by atoms with van der Waals surface area (Å²) in [5.74, 6) is 0.479. The summed E-state index contributed by atoms with van der Waals surface area (Å²) in [5, 5.41) is 0. The van der Waals surface area contributed by atoms with E-state index in [9.17, 15) is 4.79 Å². The minimum atomic E-state index is -0.476. The van der Waals surface area contributed by atoms with E-state index in [0.29, 0.717) is 26.1 Å². The molecule has 0 aromatic heterocycles.